The molecular formula is C24H19N3O5S. The van der Waals surface area contributed by atoms with Crippen LogP contribution < -0.4 is 5.56 Å². The van der Waals surface area contributed by atoms with Crippen LogP contribution in [0.3, 0.4) is 0 Å². The SMILES string of the molecule is O=c1c(-c2cccc([N+](=O)[O-])c2)c(-c2ccc(CS(=O)O)cc2)cnn1Cc1ccccc1. The molecule has 0 spiro atoms. The Hall–Kier alpha value is -3.95. The van der Waals surface area contributed by atoms with Crippen LogP contribution in [0.15, 0.2) is 89.9 Å². The smallest absolute Gasteiger partial charge is 0.275 e. The third-order valence-corrected chi connectivity index (χ3v) is 5.70. The predicted molar refractivity (Wildman–Crippen MR) is 126 cm³/mol. The minimum Gasteiger partial charge on any atom is -0.306 e. The Morgan fingerprint density at radius 2 is 1.67 bits per heavy atom. The zero-order valence-corrected chi connectivity index (χ0v) is 18.1. The Labute approximate surface area is 191 Å². The van der Waals surface area contributed by atoms with Crippen molar-refractivity contribution in [3.05, 3.63) is 117 Å². The average Bonchev–Trinajstić information content (AvgIpc) is 2.81. The molecule has 0 radical (unpaired) electrons. The number of nitro benzene ring substituents is 1. The standard InChI is InChI=1S/C24H19N3O5S/c28-24-23(20-7-4-8-21(13-20)27(29)30)22(19-11-9-18(10-12-19)16-33(31)32)14-25-26(24)15-17-5-2-1-3-6-17/h1-14H,15-16H2,(H,31,32). The highest BCUT2D eigenvalue weighted by atomic mass is 32.2. The van der Waals surface area contributed by atoms with Crippen LogP contribution in [0.5, 0.6) is 0 Å². The van der Waals surface area contributed by atoms with E-state index in [9.17, 15) is 19.1 Å². The lowest BCUT2D eigenvalue weighted by Gasteiger charge is -2.13. The van der Waals surface area contributed by atoms with Crippen molar-refractivity contribution in [1.29, 1.82) is 0 Å². The summed E-state index contributed by atoms with van der Waals surface area (Å²) in [5, 5.41) is 15.7. The van der Waals surface area contributed by atoms with Crippen LogP contribution in [0, 0.1) is 10.1 Å². The van der Waals surface area contributed by atoms with Gasteiger partial charge in [-0.1, -0.05) is 66.7 Å². The molecular weight excluding hydrogens is 442 g/mol. The second kappa shape index (κ2) is 9.68. The van der Waals surface area contributed by atoms with Gasteiger partial charge in [-0.15, -0.1) is 0 Å². The van der Waals surface area contributed by atoms with Crippen molar-refractivity contribution in [2.24, 2.45) is 0 Å². The first-order valence-corrected chi connectivity index (χ1v) is 11.3. The van der Waals surface area contributed by atoms with Gasteiger partial charge in [0.25, 0.3) is 11.2 Å². The van der Waals surface area contributed by atoms with Crippen molar-refractivity contribution in [2.45, 2.75) is 12.3 Å². The summed E-state index contributed by atoms with van der Waals surface area (Å²) in [6.07, 6.45) is 1.57. The fraction of sp³-hybridized carbons (Fsp3) is 0.0833. The quantitative estimate of drug-likeness (QED) is 0.250. The summed E-state index contributed by atoms with van der Waals surface area (Å²) in [4.78, 5) is 24.3. The number of benzene rings is 3. The Morgan fingerprint density at radius 1 is 0.939 bits per heavy atom. The lowest BCUT2D eigenvalue weighted by atomic mass is 9.96. The number of hydrogen-bond donors (Lipinski definition) is 1. The fourth-order valence-corrected chi connectivity index (χ4v) is 4.03. The van der Waals surface area contributed by atoms with Crippen LogP contribution in [-0.4, -0.2) is 23.5 Å². The number of aromatic nitrogens is 2. The van der Waals surface area contributed by atoms with Crippen LogP contribution in [0.25, 0.3) is 22.3 Å². The maximum atomic E-state index is 13.5. The summed E-state index contributed by atoms with van der Waals surface area (Å²) in [6.45, 7) is 0.253. The van der Waals surface area contributed by atoms with Gasteiger partial charge in [0, 0.05) is 17.7 Å². The van der Waals surface area contributed by atoms with Gasteiger partial charge in [-0.25, -0.2) is 8.89 Å². The molecule has 1 unspecified atom stereocenters. The summed E-state index contributed by atoms with van der Waals surface area (Å²) in [5.74, 6) is -0.00502. The first-order chi connectivity index (χ1) is 15.9. The summed E-state index contributed by atoms with van der Waals surface area (Å²) >= 11 is -1.96. The van der Waals surface area contributed by atoms with Crippen LogP contribution in [-0.2, 0) is 23.4 Å². The molecule has 0 aliphatic rings. The fourth-order valence-electron chi connectivity index (χ4n) is 3.55. The Kier molecular flexibility index (Phi) is 6.53. The van der Waals surface area contributed by atoms with Gasteiger partial charge >= 0.3 is 0 Å². The van der Waals surface area contributed by atoms with E-state index in [1.54, 1.807) is 36.5 Å². The first kappa shape index (κ1) is 22.3. The van der Waals surface area contributed by atoms with Gasteiger partial charge in [-0.2, -0.15) is 5.10 Å². The minimum atomic E-state index is -1.96. The molecule has 8 nitrogen and oxygen atoms in total. The highest BCUT2D eigenvalue weighted by Crippen LogP contribution is 2.31. The van der Waals surface area contributed by atoms with Crippen molar-refractivity contribution < 1.29 is 13.7 Å². The highest BCUT2D eigenvalue weighted by Gasteiger charge is 2.18. The third-order valence-electron chi connectivity index (χ3n) is 5.12. The van der Waals surface area contributed by atoms with E-state index in [0.717, 1.165) is 5.56 Å². The van der Waals surface area contributed by atoms with E-state index < -0.39 is 16.0 Å². The zero-order valence-electron chi connectivity index (χ0n) is 17.3. The maximum absolute atomic E-state index is 13.5. The third kappa shape index (κ3) is 5.11. The number of nitro groups is 1. The Morgan fingerprint density at radius 3 is 2.33 bits per heavy atom. The molecule has 3 aromatic carbocycles. The minimum absolute atomic E-state index is 0.00502. The molecule has 9 heteroatoms. The molecule has 0 saturated heterocycles. The molecule has 4 rings (SSSR count). The van der Waals surface area contributed by atoms with E-state index in [4.69, 9.17) is 4.55 Å². The highest BCUT2D eigenvalue weighted by molar-refractivity contribution is 7.78. The molecule has 1 atom stereocenters. The van der Waals surface area contributed by atoms with Crippen LogP contribution in [0.1, 0.15) is 11.1 Å². The van der Waals surface area contributed by atoms with Crippen LogP contribution >= 0.6 is 0 Å². The lowest BCUT2D eigenvalue weighted by molar-refractivity contribution is -0.384. The molecule has 0 saturated carbocycles. The first-order valence-electron chi connectivity index (χ1n) is 9.98. The van der Waals surface area contributed by atoms with E-state index in [2.05, 4.69) is 5.10 Å². The molecule has 1 heterocycles. The maximum Gasteiger partial charge on any atom is 0.275 e. The summed E-state index contributed by atoms with van der Waals surface area (Å²) in [6, 6.07) is 22.2. The van der Waals surface area contributed by atoms with Crippen LogP contribution in [0.2, 0.25) is 0 Å². The number of hydrogen-bond acceptors (Lipinski definition) is 5. The lowest BCUT2D eigenvalue weighted by Crippen LogP contribution is -2.25. The molecule has 0 amide bonds. The van der Waals surface area contributed by atoms with Crippen LogP contribution in [0.4, 0.5) is 5.69 Å². The van der Waals surface area contributed by atoms with Gasteiger partial charge in [0.05, 0.1) is 29.0 Å². The average molecular weight is 461 g/mol. The molecule has 33 heavy (non-hydrogen) atoms. The number of nitrogens with zero attached hydrogens (tertiary/aromatic N) is 3. The molecule has 0 aliphatic carbocycles. The topological polar surface area (TPSA) is 115 Å². The normalized spacial score (nSPS) is 11.8. The molecule has 4 aromatic rings. The Bertz CT molecular complexity index is 1390. The second-order valence-electron chi connectivity index (χ2n) is 7.35. The molecule has 1 aromatic heterocycles. The molecule has 0 fully saturated rings. The van der Waals surface area contributed by atoms with E-state index in [1.807, 2.05) is 30.3 Å². The number of rotatable bonds is 7. The van der Waals surface area contributed by atoms with Gasteiger partial charge < -0.3 is 4.55 Å². The molecule has 166 valence electrons. The van der Waals surface area contributed by atoms with Crippen molar-refractivity contribution >= 4 is 16.8 Å². The van der Waals surface area contributed by atoms with Gasteiger partial charge in [0.1, 0.15) is 0 Å². The van der Waals surface area contributed by atoms with Crippen molar-refractivity contribution in [3.8, 4) is 22.3 Å². The molecule has 1 N–H and O–H groups in total. The van der Waals surface area contributed by atoms with Gasteiger partial charge in [-0.3, -0.25) is 14.9 Å². The van der Waals surface area contributed by atoms with Crippen molar-refractivity contribution in [3.63, 3.8) is 0 Å². The van der Waals surface area contributed by atoms with Gasteiger partial charge in [-0.05, 0) is 22.3 Å². The number of non-ortho nitro benzene ring substituents is 1. The van der Waals surface area contributed by atoms with E-state index in [1.165, 1.54) is 22.9 Å². The predicted octanol–water partition coefficient (Wildman–Crippen LogP) is 4.26. The van der Waals surface area contributed by atoms with Crippen molar-refractivity contribution in [2.75, 3.05) is 0 Å². The summed E-state index contributed by atoms with van der Waals surface area (Å²) in [7, 11) is 0. The summed E-state index contributed by atoms with van der Waals surface area (Å²) in [5.41, 5.74) is 2.95. The largest absolute Gasteiger partial charge is 0.306 e. The van der Waals surface area contributed by atoms with E-state index >= 15 is 0 Å². The zero-order chi connectivity index (χ0) is 23.4. The van der Waals surface area contributed by atoms with Crippen molar-refractivity contribution in [1.82, 2.24) is 9.78 Å². The van der Waals surface area contributed by atoms with E-state index in [0.29, 0.717) is 27.8 Å². The molecule has 0 aliphatic heterocycles. The second-order valence-corrected chi connectivity index (χ2v) is 8.28. The van der Waals surface area contributed by atoms with Gasteiger partial charge in [0.15, 0.2) is 11.1 Å². The monoisotopic (exact) mass is 461 g/mol. The Balaban J connectivity index is 1.86. The van der Waals surface area contributed by atoms with Gasteiger partial charge in [0.2, 0.25) is 0 Å². The molecule has 0 bridgehead atoms. The summed E-state index contributed by atoms with van der Waals surface area (Å²) < 4.78 is 21.5. The van der Waals surface area contributed by atoms with E-state index in [-0.39, 0.29) is 23.5 Å².